The van der Waals surface area contributed by atoms with Crippen LogP contribution in [-0.2, 0) is 22.6 Å². The van der Waals surface area contributed by atoms with E-state index < -0.39 is 12.0 Å². The number of likely N-dealkylation sites (tertiary alicyclic amines) is 1. The van der Waals surface area contributed by atoms with Crippen LogP contribution in [0, 0.1) is 19.8 Å². The van der Waals surface area contributed by atoms with Crippen LogP contribution in [0.1, 0.15) is 56.5 Å². The van der Waals surface area contributed by atoms with E-state index >= 15 is 0 Å². The Morgan fingerprint density at radius 2 is 2.00 bits per heavy atom. The Kier molecular flexibility index (Phi) is 6.02. The first-order valence-corrected chi connectivity index (χ1v) is 8.86. The predicted octanol–water partition coefficient (Wildman–Crippen LogP) is 2.55. The molecule has 1 aliphatic heterocycles. The largest absolute Gasteiger partial charge is 0.480 e. The summed E-state index contributed by atoms with van der Waals surface area (Å²) in [5, 5.41) is 13.9. The number of carbonyl (C=O) groups excluding carboxylic acids is 1. The van der Waals surface area contributed by atoms with E-state index in [0.29, 0.717) is 31.7 Å². The summed E-state index contributed by atoms with van der Waals surface area (Å²) in [5.74, 6) is -0.431. The molecule has 0 radical (unpaired) electrons. The Balaban J connectivity index is 2.03. The zero-order valence-corrected chi connectivity index (χ0v) is 15.2. The highest BCUT2D eigenvalue weighted by atomic mass is 16.4. The molecule has 2 heterocycles. The first-order valence-electron chi connectivity index (χ1n) is 8.86. The van der Waals surface area contributed by atoms with Crippen LogP contribution in [-0.4, -0.2) is 44.3 Å². The van der Waals surface area contributed by atoms with Crippen molar-refractivity contribution < 1.29 is 14.7 Å². The number of nitrogens with zero attached hydrogens (tertiary/aromatic N) is 3. The maximum absolute atomic E-state index is 12.5. The number of aromatic nitrogens is 2. The number of amides is 1. The lowest BCUT2D eigenvalue weighted by molar-refractivity contribution is -0.152. The summed E-state index contributed by atoms with van der Waals surface area (Å²) >= 11 is 0. The summed E-state index contributed by atoms with van der Waals surface area (Å²) in [6, 6.07) is -0.655. The molecular formula is C18H29N3O3. The highest BCUT2D eigenvalue weighted by Crippen LogP contribution is 2.21. The molecule has 24 heavy (non-hydrogen) atoms. The molecule has 1 aromatic rings. The van der Waals surface area contributed by atoms with Crippen LogP contribution in [0.5, 0.6) is 0 Å². The Hall–Kier alpha value is -1.85. The van der Waals surface area contributed by atoms with Gasteiger partial charge in [-0.3, -0.25) is 9.48 Å². The lowest BCUT2D eigenvalue weighted by Crippen LogP contribution is -2.48. The molecule has 0 saturated carbocycles. The van der Waals surface area contributed by atoms with Crippen molar-refractivity contribution in [3.05, 3.63) is 17.0 Å². The van der Waals surface area contributed by atoms with Gasteiger partial charge in [-0.25, -0.2) is 4.79 Å². The summed E-state index contributed by atoms with van der Waals surface area (Å²) in [7, 11) is 0. The van der Waals surface area contributed by atoms with E-state index in [1.165, 1.54) is 0 Å². The Bertz CT molecular complexity index is 607. The first-order chi connectivity index (χ1) is 11.3. The van der Waals surface area contributed by atoms with Gasteiger partial charge < -0.3 is 10.0 Å². The van der Waals surface area contributed by atoms with Gasteiger partial charge in [-0.15, -0.1) is 0 Å². The summed E-state index contributed by atoms with van der Waals surface area (Å²) < 4.78 is 2.01. The number of carboxylic acid groups (broad SMARTS) is 1. The predicted molar refractivity (Wildman–Crippen MR) is 91.8 cm³/mol. The molecular weight excluding hydrogens is 306 g/mol. The normalized spacial score (nSPS) is 18.2. The monoisotopic (exact) mass is 335 g/mol. The van der Waals surface area contributed by atoms with Crippen LogP contribution >= 0.6 is 0 Å². The standard InChI is InChI=1S/C18H29N3O3/c1-12(2)11-21-14(4)15(13(3)19-21)8-9-17(22)20-10-6-5-7-16(20)18(23)24/h12,16H,5-11H2,1-4H3,(H,23,24). The summed E-state index contributed by atoms with van der Waals surface area (Å²) in [6.07, 6.45) is 3.29. The highest BCUT2D eigenvalue weighted by Gasteiger charge is 2.31. The third kappa shape index (κ3) is 4.16. The second-order valence-corrected chi connectivity index (χ2v) is 7.16. The molecule has 0 aliphatic carbocycles. The topological polar surface area (TPSA) is 75.4 Å². The molecule has 1 fully saturated rings. The highest BCUT2D eigenvalue weighted by molar-refractivity contribution is 5.84. The van der Waals surface area contributed by atoms with Gasteiger partial charge in [0.25, 0.3) is 0 Å². The second kappa shape index (κ2) is 7.81. The molecule has 6 nitrogen and oxygen atoms in total. The molecule has 1 unspecified atom stereocenters. The number of hydrogen-bond acceptors (Lipinski definition) is 3. The molecule has 134 valence electrons. The van der Waals surface area contributed by atoms with Crippen molar-refractivity contribution in [3.63, 3.8) is 0 Å². The molecule has 0 bridgehead atoms. The molecule has 1 saturated heterocycles. The summed E-state index contributed by atoms with van der Waals surface area (Å²) in [6.45, 7) is 9.76. The molecule has 6 heteroatoms. The van der Waals surface area contributed by atoms with E-state index in [0.717, 1.165) is 36.3 Å². The van der Waals surface area contributed by atoms with E-state index in [9.17, 15) is 14.7 Å². The van der Waals surface area contributed by atoms with Gasteiger partial charge in [-0.2, -0.15) is 5.10 Å². The maximum Gasteiger partial charge on any atom is 0.326 e. The van der Waals surface area contributed by atoms with Crippen LogP contribution < -0.4 is 0 Å². The van der Waals surface area contributed by atoms with Crippen LogP contribution in [0.25, 0.3) is 0 Å². The van der Waals surface area contributed by atoms with E-state index in [-0.39, 0.29) is 5.91 Å². The molecule has 0 aromatic carbocycles. The molecule has 2 rings (SSSR count). The fraction of sp³-hybridized carbons (Fsp3) is 0.722. The fourth-order valence-electron chi connectivity index (χ4n) is 3.48. The zero-order chi connectivity index (χ0) is 17.9. The Morgan fingerprint density at radius 1 is 1.29 bits per heavy atom. The minimum absolute atomic E-state index is 0.0579. The Morgan fingerprint density at radius 3 is 2.62 bits per heavy atom. The average molecular weight is 335 g/mol. The summed E-state index contributed by atoms with van der Waals surface area (Å²) in [5.41, 5.74) is 3.20. The van der Waals surface area contributed by atoms with Crippen molar-refractivity contribution in [1.82, 2.24) is 14.7 Å². The van der Waals surface area contributed by atoms with Crippen LogP contribution in [0.4, 0.5) is 0 Å². The van der Waals surface area contributed by atoms with Crippen molar-refractivity contribution in [2.45, 2.75) is 72.4 Å². The first kappa shape index (κ1) is 18.5. The molecule has 1 aromatic heterocycles. The molecule has 1 N–H and O–H groups in total. The number of carbonyl (C=O) groups is 2. The second-order valence-electron chi connectivity index (χ2n) is 7.16. The fourth-order valence-corrected chi connectivity index (χ4v) is 3.48. The Labute approximate surface area is 143 Å². The maximum atomic E-state index is 12.5. The van der Waals surface area contributed by atoms with Gasteiger partial charge >= 0.3 is 5.97 Å². The number of piperidine rings is 1. The number of rotatable bonds is 6. The number of carboxylic acids is 1. The zero-order valence-electron chi connectivity index (χ0n) is 15.2. The van der Waals surface area contributed by atoms with Gasteiger partial charge in [0.2, 0.25) is 5.91 Å². The van der Waals surface area contributed by atoms with Gasteiger partial charge in [-0.05, 0) is 51.0 Å². The average Bonchev–Trinajstić information content (AvgIpc) is 2.78. The molecule has 1 aliphatic rings. The van der Waals surface area contributed by atoms with Crippen molar-refractivity contribution in [2.24, 2.45) is 5.92 Å². The van der Waals surface area contributed by atoms with Crippen molar-refractivity contribution in [3.8, 4) is 0 Å². The molecule has 1 amide bonds. The third-order valence-corrected chi connectivity index (χ3v) is 4.77. The molecule has 1 atom stereocenters. The van der Waals surface area contributed by atoms with Crippen LogP contribution in [0.15, 0.2) is 0 Å². The third-order valence-electron chi connectivity index (χ3n) is 4.77. The van der Waals surface area contributed by atoms with Crippen molar-refractivity contribution in [1.29, 1.82) is 0 Å². The van der Waals surface area contributed by atoms with Gasteiger partial charge in [0.1, 0.15) is 6.04 Å². The number of hydrogen-bond donors (Lipinski definition) is 1. The number of aryl methyl sites for hydroxylation is 1. The number of aliphatic carboxylic acids is 1. The van der Waals surface area contributed by atoms with E-state index in [2.05, 4.69) is 18.9 Å². The van der Waals surface area contributed by atoms with E-state index in [1.807, 2.05) is 18.5 Å². The SMILES string of the molecule is Cc1nn(CC(C)C)c(C)c1CCC(=O)N1CCCCC1C(=O)O. The lowest BCUT2D eigenvalue weighted by atomic mass is 10.0. The van der Waals surface area contributed by atoms with Crippen molar-refractivity contribution in [2.75, 3.05) is 6.54 Å². The van der Waals surface area contributed by atoms with Gasteiger partial charge in [-0.1, -0.05) is 13.8 Å². The van der Waals surface area contributed by atoms with E-state index in [1.54, 1.807) is 4.90 Å². The minimum atomic E-state index is -0.889. The smallest absolute Gasteiger partial charge is 0.326 e. The van der Waals surface area contributed by atoms with Gasteiger partial charge in [0.15, 0.2) is 0 Å². The van der Waals surface area contributed by atoms with E-state index in [4.69, 9.17) is 0 Å². The van der Waals surface area contributed by atoms with Crippen molar-refractivity contribution >= 4 is 11.9 Å². The quantitative estimate of drug-likeness (QED) is 0.867. The lowest BCUT2D eigenvalue weighted by Gasteiger charge is -2.33. The van der Waals surface area contributed by atoms with Crippen LogP contribution in [0.2, 0.25) is 0 Å². The summed E-state index contributed by atoms with van der Waals surface area (Å²) in [4.78, 5) is 25.4. The van der Waals surface area contributed by atoms with Crippen LogP contribution in [0.3, 0.4) is 0 Å². The molecule has 0 spiro atoms. The van der Waals surface area contributed by atoms with Gasteiger partial charge in [0, 0.05) is 25.2 Å². The van der Waals surface area contributed by atoms with Gasteiger partial charge in [0.05, 0.1) is 5.69 Å². The minimum Gasteiger partial charge on any atom is -0.480 e.